The Hall–Kier alpha value is -1.36. The minimum Gasteiger partial charge on any atom is -0.468 e. The lowest BCUT2D eigenvalue weighted by Crippen LogP contribution is -2.39. The molecule has 0 amide bonds. The molecule has 0 aliphatic carbocycles. The minimum absolute atomic E-state index is 0.197. The predicted octanol–water partition coefficient (Wildman–Crippen LogP) is 0.507. The van der Waals surface area contributed by atoms with Gasteiger partial charge >= 0.3 is 5.97 Å². The number of rotatable bonds is 4. The van der Waals surface area contributed by atoms with E-state index in [1.54, 1.807) is 10.9 Å². The van der Waals surface area contributed by atoms with Gasteiger partial charge in [-0.3, -0.25) is 9.48 Å². The van der Waals surface area contributed by atoms with Gasteiger partial charge in [-0.2, -0.15) is 5.10 Å². The molecule has 1 aromatic heterocycles. The Morgan fingerprint density at radius 1 is 1.73 bits per heavy atom. The second-order valence-corrected chi connectivity index (χ2v) is 3.47. The summed E-state index contributed by atoms with van der Waals surface area (Å²) in [6.07, 6.45) is 4.59. The smallest absolute Gasteiger partial charge is 0.324 e. The summed E-state index contributed by atoms with van der Waals surface area (Å²) in [5.74, 6) is -0.420. The molecule has 1 heterocycles. The van der Waals surface area contributed by atoms with Crippen molar-refractivity contribution in [3.8, 4) is 0 Å². The van der Waals surface area contributed by atoms with Gasteiger partial charge in [-0.25, -0.2) is 0 Å². The first kappa shape index (κ1) is 11.7. The predicted molar refractivity (Wildman–Crippen MR) is 56.3 cm³/mol. The lowest BCUT2D eigenvalue weighted by Gasteiger charge is -2.17. The first-order valence-corrected chi connectivity index (χ1v) is 4.96. The number of methoxy groups -OCH3 is 1. The summed E-state index contributed by atoms with van der Waals surface area (Å²) in [5, 5.41) is 4.15. The molecule has 5 nitrogen and oxygen atoms in total. The zero-order valence-corrected chi connectivity index (χ0v) is 9.30. The summed E-state index contributed by atoms with van der Waals surface area (Å²) < 4.78 is 6.28. The third-order valence-electron chi connectivity index (χ3n) is 2.47. The van der Waals surface area contributed by atoms with Gasteiger partial charge in [0.05, 0.1) is 19.3 Å². The number of hydrogen-bond donors (Lipinski definition) is 1. The highest BCUT2D eigenvalue weighted by Crippen LogP contribution is 2.11. The fourth-order valence-corrected chi connectivity index (χ4v) is 1.28. The quantitative estimate of drug-likeness (QED) is 0.736. The highest BCUT2D eigenvalue weighted by molar-refractivity contribution is 5.75. The number of aromatic nitrogens is 2. The Bertz CT molecular complexity index is 335. The van der Waals surface area contributed by atoms with Crippen molar-refractivity contribution in [2.24, 2.45) is 5.73 Å². The van der Waals surface area contributed by atoms with Gasteiger partial charge in [0.25, 0.3) is 0 Å². The van der Waals surface area contributed by atoms with Crippen LogP contribution in [0.1, 0.15) is 25.5 Å². The van der Waals surface area contributed by atoms with Crippen molar-refractivity contribution in [1.82, 2.24) is 9.78 Å². The third-order valence-corrected chi connectivity index (χ3v) is 2.47. The van der Waals surface area contributed by atoms with Crippen LogP contribution >= 0.6 is 0 Å². The van der Waals surface area contributed by atoms with Crippen LogP contribution in [0.2, 0.25) is 0 Å². The Labute approximate surface area is 89.2 Å². The second-order valence-electron chi connectivity index (χ2n) is 3.47. The highest BCUT2D eigenvalue weighted by atomic mass is 16.5. The number of carbonyl (C=O) groups is 1. The van der Waals surface area contributed by atoms with E-state index in [1.807, 2.05) is 20.0 Å². The molecule has 1 rings (SSSR count). The molecule has 15 heavy (non-hydrogen) atoms. The maximum absolute atomic E-state index is 11.2. The summed E-state index contributed by atoms with van der Waals surface area (Å²) in [7, 11) is 1.33. The summed E-state index contributed by atoms with van der Waals surface area (Å²) in [6.45, 7) is 3.89. The average molecular weight is 211 g/mol. The largest absolute Gasteiger partial charge is 0.468 e. The van der Waals surface area contributed by atoms with Crippen LogP contribution in [0.25, 0.3) is 0 Å². The molecule has 5 heteroatoms. The van der Waals surface area contributed by atoms with E-state index in [1.165, 1.54) is 7.11 Å². The molecule has 0 saturated heterocycles. The molecule has 0 radical (unpaired) electrons. The highest BCUT2D eigenvalue weighted by Gasteiger charge is 2.23. The van der Waals surface area contributed by atoms with E-state index < -0.39 is 12.0 Å². The summed E-state index contributed by atoms with van der Waals surface area (Å²) in [4.78, 5) is 11.2. The van der Waals surface area contributed by atoms with E-state index in [9.17, 15) is 4.79 Å². The van der Waals surface area contributed by atoms with Crippen molar-refractivity contribution in [3.63, 3.8) is 0 Å². The lowest BCUT2D eigenvalue weighted by atomic mass is 10.1. The van der Waals surface area contributed by atoms with Crippen LogP contribution in [0.3, 0.4) is 0 Å². The zero-order chi connectivity index (χ0) is 11.4. The van der Waals surface area contributed by atoms with Gasteiger partial charge in [-0.15, -0.1) is 0 Å². The van der Waals surface area contributed by atoms with Crippen molar-refractivity contribution >= 4 is 5.97 Å². The van der Waals surface area contributed by atoms with Gasteiger partial charge in [0.1, 0.15) is 6.04 Å². The molecule has 0 aromatic carbocycles. The average Bonchev–Trinajstić information content (AvgIpc) is 2.74. The first-order valence-electron chi connectivity index (χ1n) is 4.96. The van der Waals surface area contributed by atoms with E-state index in [0.717, 1.165) is 12.0 Å². The van der Waals surface area contributed by atoms with E-state index in [-0.39, 0.29) is 6.04 Å². The van der Waals surface area contributed by atoms with Gasteiger partial charge < -0.3 is 10.5 Å². The van der Waals surface area contributed by atoms with E-state index >= 15 is 0 Å². The molecule has 84 valence electrons. The topological polar surface area (TPSA) is 70.1 Å². The molecule has 0 bridgehead atoms. The summed E-state index contributed by atoms with van der Waals surface area (Å²) in [6, 6.07) is -0.877. The Balaban J connectivity index is 2.75. The molecule has 0 fully saturated rings. The molecule has 0 aliphatic heterocycles. The van der Waals surface area contributed by atoms with Crippen molar-refractivity contribution in [2.45, 2.75) is 32.4 Å². The standard InChI is InChI=1S/C10H17N3O2/c1-4-8-5-12-13(6-8)7(2)9(11)10(14)15-3/h5-7,9H,4,11H2,1-3H3. The van der Waals surface area contributed by atoms with Gasteiger partial charge in [-0.1, -0.05) is 6.92 Å². The van der Waals surface area contributed by atoms with Crippen LogP contribution in [0.4, 0.5) is 0 Å². The molecular weight excluding hydrogens is 194 g/mol. The Kier molecular flexibility index (Phi) is 3.85. The van der Waals surface area contributed by atoms with Crippen molar-refractivity contribution in [2.75, 3.05) is 7.11 Å². The van der Waals surface area contributed by atoms with Crippen LogP contribution in [-0.4, -0.2) is 28.9 Å². The number of esters is 1. The van der Waals surface area contributed by atoms with Crippen LogP contribution in [0.5, 0.6) is 0 Å². The van der Waals surface area contributed by atoms with Crippen LogP contribution in [0.15, 0.2) is 12.4 Å². The number of ether oxygens (including phenoxy) is 1. The molecule has 2 atom stereocenters. The van der Waals surface area contributed by atoms with Crippen molar-refractivity contribution in [3.05, 3.63) is 18.0 Å². The molecule has 1 aromatic rings. The van der Waals surface area contributed by atoms with Gasteiger partial charge in [0.15, 0.2) is 0 Å². The SMILES string of the molecule is CCc1cnn(C(C)C(N)C(=O)OC)c1. The van der Waals surface area contributed by atoms with Crippen molar-refractivity contribution < 1.29 is 9.53 Å². The number of carbonyl (C=O) groups excluding carboxylic acids is 1. The lowest BCUT2D eigenvalue weighted by molar-refractivity contribution is -0.143. The fraction of sp³-hybridized carbons (Fsp3) is 0.600. The van der Waals surface area contributed by atoms with E-state index in [2.05, 4.69) is 9.84 Å². The van der Waals surface area contributed by atoms with Gasteiger partial charge in [0.2, 0.25) is 0 Å². The van der Waals surface area contributed by atoms with Crippen LogP contribution in [0, 0.1) is 0 Å². The molecular formula is C10H17N3O2. The second kappa shape index (κ2) is 4.93. The number of nitrogens with two attached hydrogens (primary N) is 1. The molecule has 0 spiro atoms. The van der Waals surface area contributed by atoms with Crippen LogP contribution in [-0.2, 0) is 16.0 Å². The normalized spacial score (nSPS) is 14.7. The monoisotopic (exact) mass is 211 g/mol. The molecule has 0 saturated carbocycles. The number of nitrogens with zero attached hydrogens (tertiary/aromatic N) is 2. The zero-order valence-electron chi connectivity index (χ0n) is 9.30. The van der Waals surface area contributed by atoms with Gasteiger partial charge in [0, 0.05) is 6.20 Å². The molecule has 2 unspecified atom stereocenters. The molecule has 2 N–H and O–H groups in total. The fourth-order valence-electron chi connectivity index (χ4n) is 1.28. The van der Waals surface area contributed by atoms with Crippen LogP contribution < -0.4 is 5.73 Å². The first-order chi connectivity index (χ1) is 7.10. The van der Waals surface area contributed by atoms with Gasteiger partial charge in [-0.05, 0) is 18.9 Å². The Morgan fingerprint density at radius 3 is 2.87 bits per heavy atom. The maximum atomic E-state index is 11.2. The maximum Gasteiger partial charge on any atom is 0.324 e. The third kappa shape index (κ3) is 2.56. The van der Waals surface area contributed by atoms with Crippen molar-refractivity contribution in [1.29, 1.82) is 0 Å². The Morgan fingerprint density at radius 2 is 2.40 bits per heavy atom. The summed E-state index contributed by atoms with van der Waals surface area (Å²) >= 11 is 0. The minimum atomic E-state index is -0.681. The van der Waals surface area contributed by atoms with E-state index in [4.69, 9.17) is 5.73 Å². The summed E-state index contributed by atoms with van der Waals surface area (Å²) in [5.41, 5.74) is 6.84. The number of hydrogen-bond acceptors (Lipinski definition) is 4. The van der Waals surface area contributed by atoms with E-state index in [0.29, 0.717) is 0 Å². The molecule has 0 aliphatic rings. The number of aryl methyl sites for hydroxylation is 1.